The van der Waals surface area contributed by atoms with Crippen LogP contribution in [0.4, 0.5) is 11.4 Å². The number of aromatic hydroxyl groups is 1. The summed E-state index contributed by atoms with van der Waals surface area (Å²) in [7, 11) is 3.48. The maximum atomic E-state index is 11.9. The van der Waals surface area contributed by atoms with Crippen LogP contribution in [0.5, 0.6) is 17.2 Å². The van der Waals surface area contributed by atoms with E-state index in [1.165, 1.54) is 4.90 Å². The largest absolute Gasteiger partial charge is 0.508 e. The highest BCUT2D eigenvalue weighted by Gasteiger charge is 2.28. The molecule has 0 atom stereocenters. The lowest BCUT2D eigenvalue weighted by Gasteiger charge is -2.32. The monoisotopic (exact) mass is 672 g/mol. The van der Waals surface area contributed by atoms with E-state index in [1.54, 1.807) is 42.9 Å². The van der Waals surface area contributed by atoms with Gasteiger partial charge in [0.2, 0.25) is 12.8 Å². The maximum Gasteiger partial charge on any atom is 0.213 e. The van der Waals surface area contributed by atoms with Gasteiger partial charge in [-0.1, -0.05) is 100 Å². The van der Waals surface area contributed by atoms with Crippen LogP contribution in [0.1, 0.15) is 86.9 Å². The molecular formula is C41H56N2O4S. The Morgan fingerprint density at radius 2 is 1.12 bits per heavy atom. The van der Waals surface area contributed by atoms with E-state index in [0.717, 1.165) is 50.9 Å². The lowest BCUT2D eigenvalue weighted by molar-refractivity contribution is -0.108. The zero-order valence-corrected chi connectivity index (χ0v) is 29.6. The molecule has 0 heterocycles. The Morgan fingerprint density at radius 3 is 1.60 bits per heavy atom. The number of hydrogen-bond donors (Lipinski definition) is 1. The van der Waals surface area contributed by atoms with Gasteiger partial charge in [0.25, 0.3) is 0 Å². The maximum absolute atomic E-state index is 11.9. The molecule has 0 spiro atoms. The van der Waals surface area contributed by atoms with Gasteiger partial charge in [-0.25, -0.2) is 0 Å². The fourth-order valence-corrected chi connectivity index (χ4v) is 5.56. The molecule has 7 heteroatoms. The third-order valence-electron chi connectivity index (χ3n) is 7.41. The van der Waals surface area contributed by atoms with Crippen LogP contribution in [-0.2, 0) is 20.4 Å². The third kappa shape index (κ3) is 10.9. The number of nitrogens with zero attached hydrogens (tertiary/aromatic N) is 2. The van der Waals surface area contributed by atoms with Gasteiger partial charge in [0.05, 0.1) is 5.69 Å². The molecule has 0 radical (unpaired) electrons. The topological polar surface area (TPSA) is 70.1 Å². The quantitative estimate of drug-likeness (QED) is 0.170. The number of amides is 2. The molecule has 4 aromatic rings. The summed E-state index contributed by atoms with van der Waals surface area (Å²) in [6.07, 6.45) is 1.61. The van der Waals surface area contributed by atoms with E-state index in [2.05, 4.69) is 73.6 Å². The van der Waals surface area contributed by atoms with Crippen molar-refractivity contribution in [1.82, 2.24) is 0 Å². The summed E-state index contributed by atoms with van der Waals surface area (Å²) < 4.78 is 6.26. The minimum atomic E-state index is -0.432. The second kappa shape index (κ2) is 17.8. The molecule has 260 valence electrons. The van der Waals surface area contributed by atoms with Crippen molar-refractivity contribution in [3.8, 4) is 17.2 Å². The van der Waals surface area contributed by atoms with Crippen LogP contribution in [0.25, 0.3) is 0 Å². The number of hydrogen-bond acceptors (Lipinski definition) is 5. The number of phenols is 1. The molecule has 1 N–H and O–H groups in total. The van der Waals surface area contributed by atoms with Crippen LogP contribution in [0, 0.1) is 5.92 Å². The molecule has 0 aliphatic rings. The average Bonchev–Trinajstić information content (AvgIpc) is 3.01. The number of ether oxygens (including phenoxy) is 1. The van der Waals surface area contributed by atoms with Gasteiger partial charge in [0.1, 0.15) is 11.5 Å². The molecule has 0 saturated carbocycles. The normalized spacial score (nSPS) is 10.9. The van der Waals surface area contributed by atoms with E-state index in [4.69, 9.17) is 4.74 Å². The summed E-state index contributed by atoms with van der Waals surface area (Å²) in [5.74, 6) is 2.28. The van der Waals surface area contributed by atoms with Crippen molar-refractivity contribution in [2.75, 3.05) is 23.9 Å². The number of carbonyl (C=O) groups excluding carboxylic acids is 2. The van der Waals surface area contributed by atoms with Crippen molar-refractivity contribution in [2.45, 2.75) is 90.9 Å². The summed E-state index contributed by atoms with van der Waals surface area (Å²) >= 11 is 1.59. The summed E-state index contributed by atoms with van der Waals surface area (Å²) in [6.45, 7) is 17.2. The Hall–Kier alpha value is -4.23. The molecular weight excluding hydrogens is 617 g/mol. The zero-order valence-electron chi connectivity index (χ0n) is 28.8. The summed E-state index contributed by atoms with van der Waals surface area (Å²) in [6, 6.07) is 27.0. The van der Waals surface area contributed by atoms with Gasteiger partial charge in [0.15, 0.2) is 5.75 Å². The van der Waals surface area contributed by atoms with E-state index in [0.29, 0.717) is 17.2 Å². The molecule has 0 bridgehead atoms. The van der Waals surface area contributed by atoms with Crippen molar-refractivity contribution in [1.29, 1.82) is 0 Å². The molecule has 2 amide bonds. The van der Waals surface area contributed by atoms with E-state index >= 15 is 0 Å². The lowest BCUT2D eigenvalue weighted by Crippen LogP contribution is -2.25. The molecule has 0 unspecified atom stereocenters. The molecule has 48 heavy (non-hydrogen) atoms. The molecule has 4 aromatic carbocycles. The first-order chi connectivity index (χ1) is 21.6. The highest BCUT2D eigenvalue weighted by molar-refractivity contribution is 7.99. The van der Waals surface area contributed by atoms with Gasteiger partial charge in [-0.15, -0.1) is 0 Å². The predicted molar refractivity (Wildman–Crippen MR) is 205 cm³/mol. The minimum absolute atomic E-state index is 0. The van der Waals surface area contributed by atoms with Crippen molar-refractivity contribution < 1.29 is 19.4 Å². The van der Waals surface area contributed by atoms with Gasteiger partial charge >= 0.3 is 0 Å². The number of carbonyl (C=O) groups is 2. The van der Waals surface area contributed by atoms with Gasteiger partial charge in [-0.2, -0.15) is 0 Å². The molecule has 0 aromatic heterocycles. The van der Waals surface area contributed by atoms with Gasteiger partial charge in [0, 0.05) is 35.0 Å². The fraction of sp³-hybridized carbons (Fsp3) is 0.366. The second-order valence-electron chi connectivity index (χ2n) is 13.6. The van der Waals surface area contributed by atoms with E-state index in [1.807, 2.05) is 54.6 Å². The van der Waals surface area contributed by atoms with Crippen molar-refractivity contribution >= 4 is 36.0 Å². The van der Waals surface area contributed by atoms with Gasteiger partial charge < -0.3 is 19.6 Å². The summed E-state index contributed by atoms with van der Waals surface area (Å²) in [5, 5.41) is 9.51. The van der Waals surface area contributed by atoms with Gasteiger partial charge in [-0.05, 0) is 94.8 Å². The smallest absolute Gasteiger partial charge is 0.213 e. The first-order valence-electron chi connectivity index (χ1n) is 15.5. The van der Waals surface area contributed by atoms with Crippen molar-refractivity contribution in [3.63, 3.8) is 0 Å². The van der Waals surface area contributed by atoms with Crippen LogP contribution in [0.15, 0.2) is 94.7 Å². The number of anilines is 2. The standard InChI is InChI=1S/C35H38N2O4S.C4H10.2CH4/c1-34(2,3)30-18-8-24(20-31(30)36(6)22-38)35(4,5)25-9-19-33(32(21-25)37(7)23-39)41-27-12-16-29(17-13-27)42-28-14-10-26(40)11-15-28;1-4(2)3;;/h8-23,40H,1-7H3;4H,1-3H3;2*1H4. The predicted octanol–water partition coefficient (Wildman–Crippen LogP) is 11.1. The highest BCUT2D eigenvalue weighted by atomic mass is 32.2. The fourth-order valence-electron chi connectivity index (χ4n) is 4.75. The average molecular weight is 673 g/mol. The Labute approximate surface area is 294 Å². The first-order valence-corrected chi connectivity index (χ1v) is 16.3. The molecule has 0 aliphatic carbocycles. The molecule has 6 nitrogen and oxygen atoms in total. The SMILES string of the molecule is C.C.CC(C)C.CN(C=O)c1cc(C(C)(C)c2ccc(C(C)(C)C)c(N(C)C=O)c2)ccc1Oc1ccc(Sc2ccc(O)cc2)cc1. The van der Waals surface area contributed by atoms with E-state index in [9.17, 15) is 14.7 Å². The van der Waals surface area contributed by atoms with Crippen LogP contribution in [0.2, 0.25) is 0 Å². The number of benzene rings is 4. The minimum Gasteiger partial charge on any atom is -0.508 e. The van der Waals surface area contributed by atoms with E-state index < -0.39 is 5.41 Å². The zero-order chi connectivity index (χ0) is 34.2. The van der Waals surface area contributed by atoms with Crippen LogP contribution < -0.4 is 14.5 Å². The van der Waals surface area contributed by atoms with Crippen molar-refractivity contribution in [3.05, 3.63) is 102 Å². The van der Waals surface area contributed by atoms with Crippen LogP contribution >= 0.6 is 11.8 Å². The van der Waals surface area contributed by atoms with Crippen LogP contribution in [-0.4, -0.2) is 32.0 Å². The van der Waals surface area contributed by atoms with Gasteiger partial charge in [-0.3, -0.25) is 9.59 Å². The molecule has 0 aliphatic heterocycles. The van der Waals surface area contributed by atoms with Crippen molar-refractivity contribution in [2.24, 2.45) is 5.92 Å². The Morgan fingerprint density at radius 1 is 0.688 bits per heavy atom. The third-order valence-corrected chi connectivity index (χ3v) is 8.42. The number of phenolic OH excluding ortho intramolecular Hbond substituents is 1. The number of rotatable bonds is 10. The summed E-state index contributed by atoms with van der Waals surface area (Å²) in [5.41, 5.74) is 4.11. The second-order valence-corrected chi connectivity index (χ2v) is 14.8. The Balaban J connectivity index is 0.00000182. The summed E-state index contributed by atoms with van der Waals surface area (Å²) in [4.78, 5) is 28.8. The Bertz CT molecular complexity index is 1600. The van der Waals surface area contributed by atoms with Crippen LogP contribution in [0.3, 0.4) is 0 Å². The highest BCUT2D eigenvalue weighted by Crippen LogP contribution is 2.41. The lowest BCUT2D eigenvalue weighted by atomic mass is 9.76. The van der Waals surface area contributed by atoms with E-state index in [-0.39, 0.29) is 26.0 Å². The first kappa shape index (κ1) is 41.8. The molecule has 4 rings (SSSR count). The molecule has 0 saturated heterocycles. The molecule has 0 fully saturated rings. The Kier molecular flexibility index (Phi) is 15.5.